The summed E-state index contributed by atoms with van der Waals surface area (Å²) in [5, 5.41) is 20.3. The van der Waals surface area contributed by atoms with Gasteiger partial charge in [0, 0.05) is 17.6 Å². The first-order chi connectivity index (χ1) is 9.56. The summed E-state index contributed by atoms with van der Waals surface area (Å²) in [7, 11) is 0. The Balaban J connectivity index is 2.58. The van der Waals surface area contributed by atoms with Gasteiger partial charge in [0.15, 0.2) is 0 Å². The topological polar surface area (TPSA) is 82.3 Å². The van der Waals surface area contributed by atoms with Gasteiger partial charge in [-0.25, -0.2) is 4.79 Å². The summed E-state index contributed by atoms with van der Waals surface area (Å²) in [6, 6.07) is 6.95. The predicted octanol–water partition coefficient (Wildman–Crippen LogP) is 3.42. The minimum Gasteiger partial charge on any atom is -0.489 e. The van der Waals surface area contributed by atoms with Gasteiger partial charge in [-0.2, -0.15) is 5.26 Å². The second-order valence-electron chi connectivity index (χ2n) is 4.27. The third-order valence-corrected chi connectivity index (χ3v) is 3.03. The summed E-state index contributed by atoms with van der Waals surface area (Å²) in [4.78, 5) is 10.3. The molecule has 6 heteroatoms. The largest absolute Gasteiger partial charge is 0.489 e. The molecule has 0 heterocycles. The zero-order valence-corrected chi connectivity index (χ0v) is 12.0. The lowest BCUT2D eigenvalue weighted by atomic mass is 10.1. The fourth-order valence-corrected chi connectivity index (χ4v) is 1.90. The molecule has 108 valence electrons. The van der Waals surface area contributed by atoms with Crippen molar-refractivity contribution in [1.82, 2.24) is 5.32 Å². The number of hydrogen-bond acceptors (Lipinski definition) is 3. The standard InChI is InChI=1S/C14H17ClN2O3/c1-2-12(4-3-7-17-14(18)19)20-13-8-11(15)6-5-10(13)9-16/h5-6,8,12,17H,2-4,7H2,1H3,(H,18,19). The summed E-state index contributed by atoms with van der Waals surface area (Å²) in [5.74, 6) is 0.470. The van der Waals surface area contributed by atoms with Crippen LogP contribution >= 0.6 is 11.6 Å². The molecule has 1 aromatic carbocycles. The number of hydrogen-bond donors (Lipinski definition) is 2. The first-order valence-corrected chi connectivity index (χ1v) is 6.77. The number of carboxylic acid groups (broad SMARTS) is 1. The van der Waals surface area contributed by atoms with Crippen molar-refractivity contribution in [2.75, 3.05) is 6.54 Å². The molecule has 0 aliphatic heterocycles. The maximum absolute atomic E-state index is 10.3. The Kier molecular flexibility index (Phi) is 6.68. The van der Waals surface area contributed by atoms with Crippen molar-refractivity contribution in [2.45, 2.75) is 32.3 Å². The summed E-state index contributed by atoms with van der Waals surface area (Å²) < 4.78 is 5.79. The molecule has 1 atom stereocenters. The molecule has 0 fully saturated rings. The van der Waals surface area contributed by atoms with Crippen molar-refractivity contribution in [3.8, 4) is 11.8 Å². The van der Waals surface area contributed by atoms with Crippen LogP contribution in [0.1, 0.15) is 31.7 Å². The predicted molar refractivity (Wildman–Crippen MR) is 76.1 cm³/mol. The average Bonchev–Trinajstić information content (AvgIpc) is 2.42. The van der Waals surface area contributed by atoms with E-state index in [1.807, 2.05) is 6.92 Å². The second kappa shape index (κ2) is 8.28. The number of halogens is 1. The summed E-state index contributed by atoms with van der Waals surface area (Å²) in [5.41, 5.74) is 0.441. The lowest BCUT2D eigenvalue weighted by Crippen LogP contribution is -2.24. The summed E-state index contributed by atoms with van der Waals surface area (Å²) in [6.45, 7) is 2.36. The fourth-order valence-electron chi connectivity index (χ4n) is 1.74. The van der Waals surface area contributed by atoms with Gasteiger partial charge in [0.1, 0.15) is 11.8 Å². The summed E-state index contributed by atoms with van der Waals surface area (Å²) >= 11 is 5.90. The molecule has 0 saturated carbocycles. The summed E-state index contributed by atoms with van der Waals surface area (Å²) in [6.07, 6.45) is 1.04. The van der Waals surface area contributed by atoms with Gasteiger partial charge in [0.25, 0.3) is 0 Å². The molecule has 5 nitrogen and oxygen atoms in total. The van der Waals surface area contributed by atoms with Gasteiger partial charge in [-0.05, 0) is 31.4 Å². The lowest BCUT2D eigenvalue weighted by Gasteiger charge is -2.18. The molecule has 0 saturated heterocycles. The Bertz CT molecular complexity index is 500. The van der Waals surface area contributed by atoms with Crippen LogP contribution in [0, 0.1) is 11.3 Å². The van der Waals surface area contributed by atoms with Gasteiger partial charge < -0.3 is 15.2 Å². The number of carbonyl (C=O) groups is 1. The van der Waals surface area contributed by atoms with E-state index in [1.165, 1.54) is 0 Å². The maximum atomic E-state index is 10.3. The van der Waals surface area contributed by atoms with E-state index in [-0.39, 0.29) is 6.10 Å². The van der Waals surface area contributed by atoms with Crippen molar-refractivity contribution in [1.29, 1.82) is 5.26 Å². The molecule has 1 aromatic rings. The Labute approximate surface area is 123 Å². The van der Waals surface area contributed by atoms with Crippen LogP contribution in [-0.4, -0.2) is 23.8 Å². The van der Waals surface area contributed by atoms with Crippen molar-refractivity contribution < 1.29 is 14.6 Å². The quantitative estimate of drug-likeness (QED) is 0.755. The number of nitrogens with zero attached hydrogens (tertiary/aromatic N) is 1. The average molecular weight is 297 g/mol. The van der Waals surface area contributed by atoms with Crippen LogP contribution in [-0.2, 0) is 0 Å². The number of amides is 1. The van der Waals surface area contributed by atoms with Crippen LogP contribution in [0.5, 0.6) is 5.75 Å². The maximum Gasteiger partial charge on any atom is 0.404 e. The lowest BCUT2D eigenvalue weighted by molar-refractivity contribution is 0.178. The molecule has 2 N–H and O–H groups in total. The van der Waals surface area contributed by atoms with Gasteiger partial charge in [0.2, 0.25) is 0 Å². The molecule has 1 rings (SSSR count). The third-order valence-electron chi connectivity index (χ3n) is 2.79. The van der Waals surface area contributed by atoms with Crippen LogP contribution in [0.25, 0.3) is 0 Å². The highest BCUT2D eigenvalue weighted by atomic mass is 35.5. The van der Waals surface area contributed by atoms with E-state index >= 15 is 0 Å². The normalized spacial score (nSPS) is 11.4. The van der Waals surface area contributed by atoms with Gasteiger partial charge in [-0.1, -0.05) is 18.5 Å². The van der Waals surface area contributed by atoms with Crippen LogP contribution in [0.4, 0.5) is 4.79 Å². The van der Waals surface area contributed by atoms with E-state index in [0.29, 0.717) is 35.7 Å². The van der Waals surface area contributed by atoms with Crippen molar-refractivity contribution in [2.24, 2.45) is 0 Å². The zero-order valence-electron chi connectivity index (χ0n) is 11.2. The molecule has 0 aliphatic rings. The van der Waals surface area contributed by atoms with Crippen LogP contribution in [0.15, 0.2) is 18.2 Å². The van der Waals surface area contributed by atoms with E-state index in [2.05, 4.69) is 11.4 Å². The minimum absolute atomic E-state index is 0.0730. The Hall–Kier alpha value is -1.93. The number of nitrogens with one attached hydrogen (secondary N) is 1. The molecule has 0 aromatic heterocycles. The third kappa shape index (κ3) is 5.37. The Morgan fingerprint density at radius 1 is 1.60 bits per heavy atom. The molecular formula is C14H17ClN2O3. The number of ether oxygens (including phenoxy) is 1. The molecule has 0 radical (unpaired) electrons. The monoisotopic (exact) mass is 296 g/mol. The molecule has 20 heavy (non-hydrogen) atoms. The van der Waals surface area contributed by atoms with E-state index in [4.69, 9.17) is 26.7 Å². The number of nitriles is 1. The van der Waals surface area contributed by atoms with Gasteiger partial charge in [-0.3, -0.25) is 0 Å². The molecule has 0 spiro atoms. The van der Waals surface area contributed by atoms with Crippen LogP contribution in [0.3, 0.4) is 0 Å². The highest BCUT2D eigenvalue weighted by Crippen LogP contribution is 2.25. The molecule has 0 bridgehead atoms. The van der Waals surface area contributed by atoms with Crippen molar-refractivity contribution in [3.05, 3.63) is 28.8 Å². The van der Waals surface area contributed by atoms with Gasteiger partial charge in [-0.15, -0.1) is 0 Å². The first kappa shape index (κ1) is 16.1. The molecule has 1 unspecified atom stereocenters. The zero-order chi connectivity index (χ0) is 15.0. The Morgan fingerprint density at radius 3 is 2.95 bits per heavy atom. The number of benzene rings is 1. The SMILES string of the molecule is CCC(CCCNC(=O)O)Oc1cc(Cl)ccc1C#N. The van der Waals surface area contributed by atoms with Crippen molar-refractivity contribution in [3.63, 3.8) is 0 Å². The highest BCUT2D eigenvalue weighted by Gasteiger charge is 2.12. The highest BCUT2D eigenvalue weighted by molar-refractivity contribution is 6.30. The van der Waals surface area contributed by atoms with Crippen molar-refractivity contribution >= 4 is 17.7 Å². The van der Waals surface area contributed by atoms with E-state index in [1.54, 1.807) is 18.2 Å². The van der Waals surface area contributed by atoms with Crippen LogP contribution in [0.2, 0.25) is 5.02 Å². The second-order valence-corrected chi connectivity index (χ2v) is 4.71. The van der Waals surface area contributed by atoms with E-state index in [9.17, 15) is 4.79 Å². The molecule has 1 amide bonds. The minimum atomic E-state index is -1.03. The molecular weight excluding hydrogens is 280 g/mol. The smallest absolute Gasteiger partial charge is 0.404 e. The Morgan fingerprint density at radius 2 is 2.35 bits per heavy atom. The fraction of sp³-hybridized carbons (Fsp3) is 0.429. The van der Waals surface area contributed by atoms with Gasteiger partial charge in [0.05, 0.1) is 11.7 Å². The van der Waals surface area contributed by atoms with Gasteiger partial charge >= 0.3 is 6.09 Å². The molecule has 0 aliphatic carbocycles. The first-order valence-electron chi connectivity index (χ1n) is 6.40. The van der Waals surface area contributed by atoms with E-state index in [0.717, 1.165) is 6.42 Å². The van der Waals surface area contributed by atoms with Crippen LogP contribution < -0.4 is 10.1 Å². The number of rotatable bonds is 7. The van der Waals surface area contributed by atoms with E-state index < -0.39 is 6.09 Å².